The monoisotopic (exact) mass is 237 g/mol. The van der Waals surface area contributed by atoms with Gasteiger partial charge in [-0.25, -0.2) is 0 Å². The van der Waals surface area contributed by atoms with E-state index in [0.717, 1.165) is 17.7 Å². The highest BCUT2D eigenvalue weighted by atomic mass is 16.5. The minimum absolute atomic E-state index is 0.0462. The van der Waals surface area contributed by atoms with Crippen LogP contribution in [-0.4, -0.2) is 36.7 Å². The van der Waals surface area contributed by atoms with Gasteiger partial charge in [0.05, 0.1) is 13.7 Å². The number of methoxy groups -OCH3 is 1. The first-order valence-corrected chi connectivity index (χ1v) is 5.64. The van der Waals surface area contributed by atoms with Crippen molar-refractivity contribution in [1.29, 1.82) is 0 Å². The van der Waals surface area contributed by atoms with E-state index < -0.39 is 5.97 Å². The third-order valence-corrected chi connectivity index (χ3v) is 2.80. The smallest absolute Gasteiger partial charge is 0.317 e. The van der Waals surface area contributed by atoms with Gasteiger partial charge in [-0.1, -0.05) is 19.1 Å². The Morgan fingerprint density at radius 3 is 2.41 bits per heavy atom. The van der Waals surface area contributed by atoms with Gasteiger partial charge < -0.3 is 9.84 Å². The maximum Gasteiger partial charge on any atom is 0.317 e. The van der Waals surface area contributed by atoms with Crippen LogP contribution in [0.15, 0.2) is 24.3 Å². The molecule has 0 radical (unpaired) electrons. The molecule has 0 fully saturated rings. The summed E-state index contributed by atoms with van der Waals surface area (Å²) in [5.74, 6) is 0.00366. The predicted octanol–water partition coefficient (Wildman–Crippen LogP) is 2.16. The lowest BCUT2D eigenvalue weighted by Crippen LogP contribution is -2.29. The van der Waals surface area contributed by atoms with Crippen LogP contribution < -0.4 is 4.74 Å². The van der Waals surface area contributed by atoms with Crippen molar-refractivity contribution < 1.29 is 14.6 Å². The molecule has 4 nitrogen and oxygen atoms in total. The van der Waals surface area contributed by atoms with E-state index in [1.807, 2.05) is 43.1 Å². The molecule has 0 aliphatic rings. The number of carboxylic acid groups (broad SMARTS) is 1. The lowest BCUT2D eigenvalue weighted by Gasteiger charge is -2.26. The van der Waals surface area contributed by atoms with E-state index in [1.54, 1.807) is 7.11 Å². The zero-order chi connectivity index (χ0) is 12.8. The van der Waals surface area contributed by atoms with Gasteiger partial charge >= 0.3 is 5.97 Å². The zero-order valence-corrected chi connectivity index (χ0v) is 10.5. The average molecular weight is 237 g/mol. The first-order chi connectivity index (χ1) is 8.08. The minimum atomic E-state index is -0.806. The van der Waals surface area contributed by atoms with Crippen LogP contribution in [0.25, 0.3) is 0 Å². The van der Waals surface area contributed by atoms with Crippen LogP contribution in [0.5, 0.6) is 5.75 Å². The van der Waals surface area contributed by atoms with E-state index in [2.05, 4.69) is 0 Å². The van der Waals surface area contributed by atoms with Crippen molar-refractivity contribution in [3.63, 3.8) is 0 Å². The molecule has 4 heteroatoms. The second kappa shape index (κ2) is 6.25. The summed E-state index contributed by atoms with van der Waals surface area (Å²) in [5.41, 5.74) is 1.11. The molecule has 0 amide bonds. The van der Waals surface area contributed by atoms with Crippen molar-refractivity contribution in [3.05, 3.63) is 29.8 Å². The number of carbonyl (C=O) groups is 1. The second-order valence-corrected chi connectivity index (χ2v) is 4.01. The summed E-state index contributed by atoms with van der Waals surface area (Å²) in [6, 6.07) is 7.87. The Balaban J connectivity index is 2.81. The highest BCUT2D eigenvalue weighted by molar-refractivity contribution is 5.69. The molecule has 1 unspecified atom stereocenters. The Labute approximate surface area is 102 Å². The Morgan fingerprint density at radius 1 is 1.41 bits per heavy atom. The van der Waals surface area contributed by atoms with Gasteiger partial charge in [0.15, 0.2) is 0 Å². The summed E-state index contributed by atoms with van der Waals surface area (Å²) >= 11 is 0. The molecular formula is C13H19NO3. The van der Waals surface area contributed by atoms with Crippen LogP contribution >= 0.6 is 0 Å². The Kier molecular flexibility index (Phi) is 4.97. The van der Waals surface area contributed by atoms with Gasteiger partial charge in [-0.3, -0.25) is 9.69 Å². The molecule has 94 valence electrons. The normalized spacial score (nSPS) is 12.5. The number of nitrogens with zero attached hydrogens (tertiary/aromatic N) is 1. The van der Waals surface area contributed by atoms with Crippen molar-refractivity contribution in [1.82, 2.24) is 4.90 Å². The first kappa shape index (κ1) is 13.5. The molecule has 0 aromatic heterocycles. The van der Waals surface area contributed by atoms with Gasteiger partial charge in [-0.05, 0) is 31.2 Å². The molecule has 1 rings (SSSR count). The topological polar surface area (TPSA) is 49.8 Å². The Bertz CT molecular complexity index is 361. The van der Waals surface area contributed by atoms with E-state index in [4.69, 9.17) is 9.84 Å². The SMILES string of the molecule is CCC(c1ccc(OC)cc1)N(C)CC(=O)O. The van der Waals surface area contributed by atoms with Gasteiger partial charge in [0.1, 0.15) is 5.75 Å². The summed E-state index contributed by atoms with van der Waals surface area (Å²) < 4.78 is 5.10. The number of hydrogen-bond acceptors (Lipinski definition) is 3. The molecular weight excluding hydrogens is 218 g/mol. The highest BCUT2D eigenvalue weighted by Gasteiger charge is 2.17. The first-order valence-electron chi connectivity index (χ1n) is 5.64. The molecule has 1 aromatic rings. The molecule has 1 atom stereocenters. The molecule has 1 N–H and O–H groups in total. The largest absolute Gasteiger partial charge is 0.497 e. The Morgan fingerprint density at radius 2 is 2.00 bits per heavy atom. The average Bonchev–Trinajstić information content (AvgIpc) is 2.30. The minimum Gasteiger partial charge on any atom is -0.497 e. The van der Waals surface area contributed by atoms with E-state index in [1.165, 1.54) is 0 Å². The fourth-order valence-electron chi connectivity index (χ4n) is 1.95. The van der Waals surface area contributed by atoms with Crippen molar-refractivity contribution in [3.8, 4) is 5.75 Å². The summed E-state index contributed by atoms with van der Waals surface area (Å²) in [4.78, 5) is 12.5. The molecule has 0 bridgehead atoms. The number of benzene rings is 1. The van der Waals surface area contributed by atoms with Gasteiger partial charge in [-0.2, -0.15) is 0 Å². The number of aliphatic carboxylic acids is 1. The molecule has 17 heavy (non-hydrogen) atoms. The molecule has 0 saturated carbocycles. The van der Waals surface area contributed by atoms with Crippen molar-refractivity contribution in [2.24, 2.45) is 0 Å². The number of carboxylic acids is 1. The third-order valence-electron chi connectivity index (χ3n) is 2.80. The third kappa shape index (κ3) is 3.75. The molecule has 0 spiro atoms. The highest BCUT2D eigenvalue weighted by Crippen LogP contribution is 2.24. The van der Waals surface area contributed by atoms with Crippen molar-refractivity contribution >= 4 is 5.97 Å². The van der Waals surface area contributed by atoms with E-state index in [9.17, 15) is 4.79 Å². The second-order valence-electron chi connectivity index (χ2n) is 4.01. The van der Waals surface area contributed by atoms with Crippen molar-refractivity contribution in [2.75, 3.05) is 20.7 Å². The number of likely N-dealkylation sites (N-methyl/N-ethyl adjacent to an activating group) is 1. The molecule has 0 heterocycles. The van der Waals surface area contributed by atoms with Crippen molar-refractivity contribution in [2.45, 2.75) is 19.4 Å². The lowest BCUT2D eigenvalue weighted by atomic mass is 10.0. The fraction of sp³-hybridized carbons (Fsp3) is 0.462. The van der Waals surface area contributed by atoms with Crippen LogP contribution in [0, 0.1) is 0 Å². The molecule has 0 aliphatic heterocycles. The van der Waals surface area contributed by atoms with Gasteiger partial charge in [0.25, 0.3) is 0 Å². The summed E-state index contributed by atoms with van der Waals surface area (Å²) in [5, 5.41) is 8.80. The van der Waals surface area contributed by atoms with Gasteiger partial charge in [-0.15, -0.1) is 0 Å². The van der Waals surface area contributed by atoms with Crippen LogP contribution in [-0.2, 0) is 4.79 Å². The lowest BCUT2D eigenvalue weighted by molar-refractivity contribution is -0.138. The number of hydrogen-bond donors (Lipinski definition) is 1. The fourth-order valence-corrected chi connectivity index (χ4v) is 1.95. The summed E-state index contributed by atoms with van der Waals surface area (Å²) in [7, 11) is 3.45. The van der Waals surface area contributed by atoms with E-state index in [-0.39, 0.29) is 12.6 Å². The standard InChI is InChI=1S/C13H19NO3/c1-4-12(14(2)9-13(15)16)10-5-7-11(17-3)8-6-10/h5-8,12H,4,9H2,1-3H3,(H,15,16). The maximum absolute atomic E-state index is 10.7. The molecule has 0 aliphatic carbocycles. The zero-order valence-electron chi connectivity index (χ0n) is 10.5. The van der Waals surface area contributed by atoms with Gasteiger partial charge in [0.2, 0.25) is 0 Å². The number of ether oxygens (including phenoxy) is 1. The van der Waals surface area contributed by atoms with Crippen LogP contribution in [0.4, 0.5) is 0 Å². The van der Waals surface area contributed by atoms with Crippen LogP contribution in [0.2, 0.25) is 0 Å². The Hall–Kier alpha value is -1.55. The molecule has 1 aromatic carbocycles. The maximum atomic E-state index is 10.7. The number of rotatable bonds is 6. The quantitative estimate of drug-likeness (QED) is 0.823. The van der Waals surface area contributed by atoms with E-state index in [0.29, 0.717) is 0 Å². The van der Waals surface area contributed by atoms with Crippen LogP contribution in [0.3, 0.4) is 0 Å². The van der Waals surface area contributed by atoms with Gasteiger partial charge in [0, 0.05) is 6.04 Å². The summed E-state index contributed by atoms with van der Waals surface area (Å²) in [6.45, 7) is 2.10. The molecule has 0 saturated heterocycles. The summed E-state index contributed by atoms with van der Waals surface area (Å²) in [6.07, 6.45) is 0.871. The van der Waals surface area contributed by atoms with Crippen LogP contribution in [0.1, 0.15) is 24.9 Å². The van der Waals surface area contributed by atoms with E-state index >= 15 is 0 Å². The predicted molar refractivity (Wildman–Crippen MR) is 66.3 cm³/mol.